The van der Waals surface area contributed by atoms with Gasteiger partial charge in [-0.25, -0.2) is 26.3 Å². The number of benzene rings is 4. The normalized spacial score (nSPS) is 12.1. The van der Waals surface area contributed by atoms with Crippen molar-refractivity contribution in [3.8, 4) is 5.75 Å². The van der Waals surface area contributed by atoms with E-state index in [1.165, 1.54) is 28.6 Å². The Hall–Kier alpha value is -3.40. The van der Waals surface area contributed by atoms with Crippen LogP contribution >= 0.6 is 0 Å². The second-order valence-electron chi connectivity index (χ2n) is 8.62. The lowest BCUT2D eigenvalue weighted by Gasteiger charge is -2.31. The quantitative estimate of drug-likeness (QED) is 0.394. The molecule has 0 unspecified atom stereocenters. The lowest BCUT2D eigenvalue weighted by molar-refractivity contribution is 0.476. The van der Waals surface area contributed by atoms with Gasteiger partial charge in [0.2, 0.25) is 10.0 Å². The number of fused-ring (bicyclic) bond motifs is 1. The average molecular weight is 511 g/mol. The molecule has 0 atom stereocenters. The van der Waals surface area contributed by atoms with Crippen LogP contribution in [-0.4, -0.2) is 21.9 Å². The molecule has 0 bridgehead atoms. The minimum atomic E-state index is -4.42. The van der Waals surface area contributed by atoms with Crippen molar-refractivity contribution in [2.24, 2.45) is 5.14 Å². The fourth-order valence-corrected chi connectivity index (χ4v) is 7.00. The molecule has 0 amide bonds. The predicted octanol–water partition coefficient (Wildman–Crippen LogP) is 4.95. The third kappa shape index (κ3) is 4.38. The number of hydrogen-bond donors (Lipinski definition) is 2. The molecular formula is C26H26N2O5S2. The fourth-order valence-electron chi connectivity index (χ4n) is 4.37. The van der Waals surface area contributed by atoms with E-state index in [2.05, 4.69) is 0 Å². The van der Waals surface area contributed by atoms with Gasteiger partial charge in [-0.05, 0) is 79.6 Å². The molecule has 0 saturated heterocycles. The van der Waals surface area contributed by atoms with E-state index in [0.717, 1.165) is 28.3 Å². The van der Waals surface area contributed by atoms with Crippen LogP contribution in [0.2, 0.25) is 0 Å². The van der Waals surface area contributed by atoms with Crippen LogP contribution in [0.25, 0.3) is 10.8 Å². The van der Waals surface area contributed by atoms with Gasteiger partial charge in [-0.3, -0.25) is 0 Å². The number of rotatable bonds is 5. The van der Waals surface area contributed by atoms with Gasteiger partial charge >= 0.3 is 0 Å². The number of phenols is 1. The molecule has 0 aromatic heterocycles. The van der Waals surface area contributed by atoms with E-state index >= 15 is 0 Å². The van der Waals surface area contributed by atoms with Crippen molar-refractivity contribution in [1.29, 1.82) is 0 Å². The van der Waals surface area contributed by atoms with Crippen molar-refractivity contribution in [3.63, 3.8) is 0 Å². The first-order valence-corrected chi connectivity index (χ1v) is 13.8. The van der Waals surface area contributed by atoms with Crippen molar-refractivity contribution in [2.45, 2.75) is 37.5 Å². The number of para-hydroxylation sites is 2. The van der Waals surface area contributed by atoms with Crippen molar-refractivity contribution in [1.82, 2.24) is 0 Å². The maximum atomic E-state index is 14.6. The van der Waals surface area contributed by atoms with Crippen molar-refractivity contribution < 1.29 is 21.9 Å². The predicted molar refractivity (Wildman–Crippen MR) is 138 cm³/mol. The van der Waals surface area contributed by atoms with E-state index in [1.807, 2.05) is 64.1 Å². The standard InChI is InChI=1S/C26H26N2O5S2/c1-16-7-5-8-17(2)25(16)28(26-18(3)9-6-10-19(26)4)35(32,33)24-15-22(34(27,30)31)13-20-11-12-21(29)14-23(20)24/h5-15,29H,1-4H3,(H2,27,30,31). The van der Waals surface area contributed by atoms with Crippen molar-refractivity contribution in [3.05, 3.63) is 89.0 Å². The van der Waals surface area contributed by atoms with Gasteiger partial charge in [0.15, 0.2) is 0 Å². The number of nitrogens with zero attached hydrogens (tertiary/aromatic N) is 1. The molecule has 9 heteroatoms. The number of aryl methyl sites for hydroxylation is 4. The van der Waals surface area contributed by atoms with Gasteiger partial charge in [0, 0.05) is 5.39 Å². The van der Waals surface area contributed by atoms with Crippen LogP contribution in [0.15, 0.2) is 76.5 Å². The summed E-state index contributed by atoms with van der Waals surface area (Å²) in [4.78, 5) is -0.613. The largest absolute Gasteiger partial charge is 0.508 e. The van der Waals surface area contributed by atoms with Crippen molar-refractivity contribution in [2.75, 3.05) is 4.31 Å². The summed E-state index contributed by atoms with van der Waals surface area (Å²) in [5.41, 5.74) is 3.85. The van der Waals surface area contributed by atoms with Gasteiger partial charge in [-0.2, -0.15) is 0 Å². The van der Waals surface area contributed by atoms with Crippen LogP contribution in [0.5, 0.6) is 5.75 Å². The number of anilines is 2. The monoisotopic (exact) mass is 510 g/mol. The molecule has 0 spiro atoms. The lowest BCUT2D eigenvalue weighted by Crippen LogP contribution is -2.29. The van der Waals surface area contributed by atoms with E-state index in [-0.39, 0.29) is 20.9 Å². The molecular weight excluding hydrogens is 484 g/mol. The van der Waals surface area contributed by atoms with Crippen LogP contribution in [0.4, 0.5) is 11.4 Å². The van der Waals surface area contributed by atoms with Crippen LogP contribution in [0.3, 0.4) is 0 Å². The Kier molecular flexibility index (Phi) is 6.12. The van der Waals surface area contributed by atoms with E-state index in [9.17, 15) is 21.9 Å². The average Bonchev–Trinajstić information content (AvgIpc) is 2.76. The summed E-state index contributed by atoms with van der Waals surface area (Å²) in [6.07, 6.45) is 0. The Morgan fingerprint density at radius 3 is 1.66 bits per heavy atom. The fraction of sp³-hybridized carbons (Fsp3) is 0.154. The highest BCUT2D eigenvalue weighted by atomic mass is 32.2. The second-order valence-corrected chi connectivity index (χ2v) is 11.9. The van der Waals surface area contributed by atoms with Crippen molar-refractivity contribution >= 4 is 42.2 Å². The number of nitrogens with two attached hydrogens (primary N) is 1. The number of hydrogen-bond acceptors (Lipinski definition) is 5. The number of phenolic OH excluding ortho intramolecular Hbond substituents is 1. The Morgan fingerprint density at radius 2 is 1.20 bits per heavy atom. The minimum Gasteiger partial charge on any atom is -0.508 e. The van der Waals surface area contributed by atoms with Gasteiger partial charge in [0.25, 0.3) is 10.0 Å². The first kappa shape index (κ1) is 24.7. The smallest absolute Gasteiger partial charge is 0.269 e. The van der Waals surface area contributed by atoms with E-state index < -0.39 is 20.0 Å². The van der Waals surface area contributed by atoms with Crippen LogP contribution < -0.4 is 9.44 Å². The molecule has 4 rings (SSSR count). The summed E-state index contributed by atoms with van der Waals surface area (Å²) in [6, 6.07) is 17.5. The van der Waals surface area contributed by atoms with Gasteiger partial charge in [-0.15, -0.1) is 0 Å². The molecule has 182 valence electrons. The van der Waals surface area contributed by atoms with Gasteiger partial charge < -0.3 is 5.11 Å². The highest BCUT2D eigenvalue weighted by molar-refractivity contribution is 7.93. The third-order valence-corrected chi connectivity index (χ3v) is 8.64. The van der Waals surface area contributed by atoms with Gasteiger partial charge in [0.1, 0.15) is 5.75 Å². The third-order valence-electron chi connectivity index (χ3n) is 6.01. The van der Waals surface area contributed by atoms with Crippen LogP contribution in [-0.2, 0) is 20.0 Å². The molecule has 4 aromatic carbocycles. The molecule has 35 heavy (non-hydrogen) atoms. The van der Waals surface area contributed by atoms with Crippen LogP contribution in [0, 0.1) is 27.7 Å². The zero-order chi connectivity index (χ0) is 25.7. The number of aromatic hydroxyl groups is 1. The molecule has 3 N–H and O–H groups in total. The topological polar surface area (TPSA) is 118 Å². The molecule has 7 nitrogen and oxygen atoms in total. The summed E-state index contributed by atoms with van der Waals surface area (Å²) in [6.45, 7) is 7.29. The first-order valence-electron chi connectivity index (χ1n) is 10.8. The summed E-state index contributed by atoms with van der Waals surface area (Å²) in [5.74, 6) is -0.150. The molecule has 0 aliphatic rings. The maximum Gasteiger partial charge on any atom is 0.269 e. The molecule has 0 fully saturated rings. The summed E-state index contributed by atoms with van der Waals surface area (Å²) >= 11 is 0. The molecule has 0 aliphatic heterocycles. The highest BCUT2D eigenvalue weighted by Gasteiger charge is 2.33. The summed E-state index contributed by atoms with van der Waals surface area (Å²) in [7, 11) is -8.64. The molecule has 0 saturated carbocycles. The molecule has 0 radical (unpaired) electrons. The van der Waals surface area contributed by atoms with Gasteiger partial charge in [0.05, 0.1) is 21.2 Å². The number of sulfonamides is 2. The van der Waals surface area contributed by atoms with Crippen LogP contribution in [0.1, 0.15) is 22.3 Å². The lowest BCUT2D eigenvalue weighted by atomic mass is 10.1. The Morgan fingerprint density at radius 1 is 0.714 bits per heavy atom. The van der Waals surface area contributed by atoms with E-state index in [0.29, 0.717) is 16.8 Å². The highest BCUT2D eigenvalue weighted by Crippen LogP contribution is 2.42. The van der Waals surface area contributed by atoms with E-state index in [4.69, 9.17) is 5.14 Å². The maximum absolute atomic E-state index is 14.6. The Bertz CT molecular complexity index is 1600. The SMILES string of the molecule is Cc1cccc(C)c1N(c1c(C)cccc1C)S(=O)(=O)c1cc(S(N)(=O)=O)cc2ccc(O)cc12. The Balaban J connectivity index is 2.19. The minimum absolute atomic E-state index is 0.150. The second kappa shape index (κ2) is 8.67. The zero-order valence-corrected chi connectivity index (χ0v) is 21.4. The van der Waals surface area contributed by atoms with Gasteiger partial charge in [-0.1, -0.05) is 42.5 Å². The molecule has 0 heterocycles. The zero-order valence-electron chi connectivity index (χ0n) is 19.8. The molecule has 4 aromatic rings. The summed E-state index contributed by atoms with van der Waals surface area (Å²) in [5, 5.41) is 16.0. The first-order chi connectivity index (χ1) is 16.3. The van der Waals surface area contributed by atoms with E-state index in [1.54, 1.807) is 0 Å². The summed E-state index contributed by atoms with van der Waals surface area (Å²) < 4.78 is 54.9. The number of primary sulfonamides is 1. The molecule has 0 aliphatic carbocycles. The Labute approximate surface area is 205 Å².